The lowest BCUT2D eigenvalue weighted by Gasteiger charge is -2.25. The Morgan fingerprint density at radius 1 is 1.15 bits per heavy atom. The number of ether oxygens (including phenoxy) is 3. The van der Waals surface area contributed by atoms with Gasteiger partial charge >= 0.3 is 0 Å². The first-order valence-electron chi connectivity index (χ1n) is 4.59. The van der Waals surface area contributed by atoms with Crippen molar-refractivity contribution < 1.29 is 19.3 Å². The third-order valence-corrected chi connectivity index (χ3v) is 1.75. The minimum atomic E-state index is -1.09. The van der Waals surface area contributed by atoms with Gasteiger partial charge in [0, 0.05) is 20.3 Å². The van der Waals surface area contributed by atoms with Crippen LogP contribution in [0.4, 0.5) is 0 Å². The number of hydrogen-bond donors (Lipinski definition) is 0. The highest BCUT2D eigenvalue weighted by molar-refractivity contribution is 4.59. The minimum Gasteiger partial charge on any atom is -0.353 e. The summed E-state index contributed by atoms with van der Waals surface area (Å²) in [4.78, 5) is 0. The highest BCUT2D eigenvalue weighted by Crippen LogP contribution is 2.14. The third-order valence-electron chi connectivity index (χ3n) is 1.75. The molecule has 0 amide bonds. The molecule has 4 nitrogen and oxygen atoms in total. The lowest BCUT2D eigenvalue weighted by molar-refractivity contribution is -0.238. The van der Waals surface area contributed by atoms with E-state index in [-0.39, 0.29) is 5.92 Å². The Kier molecular flexibility index (Phi) is 7.17. The van der Waals surface area contributed by atoms with Gasteiger partial charge in [-0.05, 0) is 13.8 Å². The highest BCUT2D eigenvalue weighted by Gasteiger charge is 2.26. The average Bonchev–Trinajstić information content (AvgIpc) is 2.15. The molecule has 0 heterocycles. The highest BCUT2D eigenvalue weighted by atomic mass is 16.7. The van der Waals surface area contributed by atoms with Crippen LogP contribution in [-0.2, 0) is 19.3 Å². The fourth-order valence-corrected chi connectivity index (χ4v) is 1.02. The minimum absolute atomic E-state index is 0.301. The fraction of sp³-hybridized carbons (Fsp3) is 1.00. The summed E-state index contributed by atoms with van der Waals surface area (Å²) in [6, 6.07) is 0. The smallest absolute Gasteiger partial charge is 0.198 e. The molecular formula is C9H19O4. The van der Waals surface area contributed by atoms with Crippen molar-refractivity contribution in [2.45, 2.75) is 33.4 Å². The molecule has 0 aliphatic heterocycles. The van der Waals surface area contributed by atoms with Crippen molar-refractivity contribution in [3.8, 4) is 0 Å². The Morgan fingerprint density at radius 3 is 1.92 bits per heavy atom. The zero-order valence-electron chi connectivity index (χ0n) is 8.78. The maximum atomic E-state index is 11.2. The van der Waals surface area contributed by atoms with Crippen LogP contribution in [0, 0.1) is 5.92 Å². The summed E-state index contributed by atoms with van der Waals surface area (Å²) < 4.78 is 15.2. The van der Waals surface area contributed by atoms with Crippen molar-refractivity contribution in [1.29, 1.82) is 0 Å². The second-order valence-corrected chi connectivity index (χ2v) is 2.74. The van der Waals surface area contributed by atoms with E-state index < -0.39 is 12.6 Å². The molecule has 0 saturated heterocycles. The quantitative estimate of drug-likeness (QED) is 0.572. The molecule has 4 heteroatoms. The molecule has 2 atom stereocenters. The lowest BCUT2D eigenvalue weighted by atomic mass is 10.1. The second kappa shape index (κ2) is 7.26. The Labute approximate surface area is 79.8 Å². The van der Waals surface area contributed by atoms with E-state index >= 15 is 0 Å². The van der Waals surface area contributed by atoms with Gasteiger partial charge in [-0.3, -0.25) is 0 Å². The molecular weight excluding hydrogens is 172 g/mol. The van der Waals surface area contributed by atoms with Crippen molar-refractivity contribution >= 4 is 0 Å². The molecule has 0 aromatic heterocycles. The van der Waals surface area contributed by atoms with Gasteiger partial charge in [0.05, 0.1) is 5.92 Å². The third kappa shape index (κ3) is 4.57. The van der Waals surface area contributed by atoms with Gasteiger partial charge in [-0.2, -0.15) is 0 Å². The number of methoxy groups -OCH3 is 1. The first-order chi connectivity index (χ1) is 6.17. The fourth-order valence-electron chi connectivity index (χ4n) is 1.02. The Bertz CT molecular complexity index is 112. The van der Waals surface area contributed by atoms with E-state index in [2.05, 4.69) is 4.74 Å². The van der Waals surface area contributed by atoms with E-state index in [1.54, 1.807) is 6.92 Å². The Morgan fingerprint density at radius 2 is 1.62 bits per heavy atom. The zero-order chi connectivity index (χ0) is 10.3. The van der Waals surface area contributed by atoms with Crippen molar-refractivity contribution in [3.05, 3.63) is 0 Å². The van der Waals surface area contributed by atoms with Gasteiger partial charge in [-0.1, -0.05) is 6.92 Å². The van der Waals surface area contributed by atoms with E-state index in [1.165, 1.54) is 7.11 Å². The number of rotatable bonds is 7. The topological polar surface area (TPSA) is 47.6 Å². The molecule has 2 unspecified atom stereocenters. The molecule has 0 aliphatic rings. The molecule has 0 spiro atoms. The van der Waals surface area contributed by atoms with Crippen LogP contribution >= 0.6 is 0 Å². The average molecular weight is 191 g/mol. The van der Waals surface area contributed by atoms with Crippen LogP contribution in [0.25, 0.3) is 0 Å². The molecule has 0 rings (SSSR count). The van der Waals surface area contributed by atoms with Crippen molar-refractivity contribution in [3.63, 3.8) is 0 Å². The summed E-state index contributed by atoms with van der Waals surface area (Å²) in [7, 11) is 1.39. The number of hydrogen-bond acceptors (Lipinski definition) is 3. The molecule has 0 bridgehead atoms. The van der Waals surface area contributed by atoms with Crippen LogP contribution in [-0.4, -0.2) is 32.9 Å². The van der Waals surface area contributed by atoms with Gasteiger partial charge in [0.25, 0.3) is 0 Å². The first kappa shape index (κ1) is 12.8. The van der Waals surface area contributed by atoms with E-state index in [4.69, 9.17) is 9.47 Å². The molecule has 0 aliphatic carbocycles. The molecule has 79 valence electrons. The molecule has 0 saturated carbocycles. The van der Waals surface area contributed by atoms with Gasteiger partial charge in [0.2, 0.25) is 0 Å². The molecule has 0 fully saturated rings. The first-order valence-corrected chi connectivity index (χ1v) is 4.59. The van der Waals surface area contributed by atoms with Gasteiger partial charge in [-0.15, -0.1) is 0 Å². The van der Waals surface area contributed by atoms with E-state index in [1.807, 2.05) is 13.8 Å². The lowest BCUT2D eigenvalue weighted by Crippen LogP contribution is -2.34. The second-order valence-electron chi connectivity index (χ2n) is 2.74. The van der Waals surface area contributed by atoms with Gasteiger partial charge in [0.15, 0.2) is 12.6 Å². The van der Waals surface area contributed by atoms with Gasteiger partial charge in [0.1, 0.15) is 0 Å². The Hall–Kier alpha value is -0.160. The Balaban J connectivity index is 4.00. The maximum Gasteiger partial charge on any atom is 0.198 e. The van der Waals surface area contributed by atoms with Crippen LogP contribution in [0.1, 0.15) is 20.8 Å². The summed E-state index contributed by atoms with van der Waals surface area (Å²) in [5.41, 5.74) is 0. The summed E-state index contributed by atoms with van der Waals surface area (Å²) in [6.07, 6.45) is -1.56. The van der Waals surface area contributed by atoms with E-state index in [9.17, 15) is 5.11 Å². The van der Waals surface area contributed by atoms with Crippen LogP contribution in [0.5, 0.6) is 0 Å². The van der Waals surface area contributed by atoms with Crippen LogP contribution < -0.4 is 0 Å². The monoisotopic (exact) mass is 191 g/mol. The van der Waals surface area contributed by atoms with E-state index in [0.717, 1.165) is 0 Å². The summed E-state index contributed by atoms with van der Waals surface area (Å²) in [6.45, 7) is 6.56. The SMILES string of the molecule is CCOC(OCC)C(C)C([O])OC. The van der Waals surface area contributed by atoms with Crippen molar-refractivity contribution in [2.24, 2.45) is 5.92 Å². The van der Waals surface area contributed by atoms with Crippen molar-refractivity contribution in [2.75, 3.05) is 20.3 Å². The van der Waals surface area contributed by atoms with Crippen LogP contribution in [0.2, 0.25) is 0 Å². The predicted octanol–water partition coefficient (Wildman–Crippen LogP) is 1.42. The molecule has 1 radical (unpaired) electrons. The largest absolute Gasteiger partial charge is 0.353 e. The predicted molar refractivity (Wildman–Crippen MR) is 47.7 cm³/mol. The normalized spacial score (nSPS) is 16.2. The zero-order valence-corrected chi connectivity index (χ0v) is 8.78. The molecule has 0 aromatic rings. The molecule has 0 N–H and O–H groups in total. The van der Waals surface area contributed by atoms with Gasteiger partial charge < -0.3 is 14.2 Å². The standard InChI is InChI=1S/C9H19O4/c1-5-12-9(13-6-2)7(3)8(10)11-4/h7-9H,5-6H2,1-4H3. The maximum absolute atomic E-state index is 11.2. The van der Waals surface area contributed by atoms with E-state index in [0.29, 0.717) is 13.2 Å². The molecule has 13 heavy (non-hydrogen) atoms. The van der Waals surface area contributed by atoms with Crippen LogP contribution in [0.3, 0.4) is 0 Å². The molecule has 0 aromatic carbocycles. The summed E-state index contributed by atoms with van der Waals surface area (Å²) >= 11 is 0. The summed E-state index contributed by atoms with van der Waals surface area (Å²) in [5, 5.41) is 11.2. The van der Waals surface area contributed by atoms with Crippen molar-refractivity contribution in [1.82, 2.24) is 0 Å². The van der Waals surface area contributed by atoms with Gasteiger partial charge in [-0.25, -0.2) is 5.11 Å². The van der Waals surface area contributed by atoms with Crippen LogP contribution in [0.15, 0.2) is 0 Å². The summed E-state index contributed by atoms with van der Waals surface area (Å²) in [5.74, 6) is -0.301.